The van der Waals surface area contributed by atoms with Crippen LogP contribution in [-0.2, 0) is 16.0 Å². The van der Waals surface area contributed by atoms with Crippen molar-refractivity contribution in [1.82, 2.24) is 4.98 Å². The highest BCUT2D eigenvalue weighted by Crippen LogP contribution is 2.23. The summed E-state index contributed by atoms with van der Waals surface area (Å²) in [7, 11) is 1.23. The summed E-state index contributed by atoms with van der Waals surface area (Å²) in [5.74, 6) is -1.92. The molecule has 4 nitrogen and oxygen atoms in total. The lowest BCUT2D eigenvalue weighted by Gasteiger charge is -2.08. The Morgan fingerprint density at radius 2 is 2.22 bits per heavy atom. The molecule has 0 aliphatic heterocycles. The largest absolute Gasteiger partial charge is 0.468 e. The number of nitrogens with two attached hydrogens (primary N) is 1. The molecule has 2 aromatic rings. The van der Waals surface area contributed by atoms with E-state index >= 15 is 0 Å². The number of aromatic nitrogens is 1. The van der Waals surface area contributed by atoms with E-state index in [1.165, 1.54) is 19.4 Å². The Labute approximate surface area is 102 Å². The van der Waals surface area contributed by atoms with Gasteiger partial charge in [0.05, 0.1) is 12.6 Å². The molecule has 1 aromatic heterocycles. The number of aromatic amines is 1. The second kappa shape index (κ2) is 4.73. The number of halogens is 2. The summed E-state index contributed by atoms with van der Waals surface area (Å²) in [4.78, 5) is 13.9. The molecular weight excluding hydrogens is 242 g/mol. The van der Waals surface area contributed by atoms with E-state index in [4.69, 9.17) is 5.73 Å². The Hall–Kier alpha value is -1.95. The van der Waals surface area contributed by atoms with Gasteiger partial charge in [0.2, 0.25) is 0 Å². The maximum Gasteiger partial charge on any atom is 0.322 e. The highest BCUT2D eigenvalue weighted by atomic mass is 19.1. The number of fused-ring (bicyclic) bond motifs is 1. The Morgan fingerprint density at radius 3 is 2.89 bits per heavy atom. The SMILES string of the molecule is COC(=O)[C@H](N)Cc1c[nH]c2c(F)cc(F)cc12. The average molecular weight is 254 g/mol. The van der Waals surface area contributed by atoms with Crippen LogP contribution in [0, 0.1) is 11.6 Å². The van der Waals surface area contributed by atoms with E-state index in [9.17, 15) is 13.6 Å². The topological polar surface area (TPSA) is 68.1 Å². The van der Waals surface area contributed by atoms with Crippen LogP contribution in [0.5, 0.6) is 0 Å². The minimum absolute atomic E-state index is 0.148. The predicted molar refractivity (Wildman–Crippen MR) is 61.9 cm³/mol. The van der Waals surface area contributed by atoms with Gasteiger partial charge in [0.25, 0.3) is 0 Å². The molecule has 0 fully saturated rings. The van der Waals surface area contributed by atoms with Crippen molar-refractivity contribution in [3.63, 3.8) is 0 Å². The summed E-state index contributed by atoms with van der Waals surface area (Å²) in [5, 5.41) is 0.381. The zero-order valence-corrected chi connectivity index (χ0v) is 9.67. The summed E-state index contributed by atoms with van der Waals surface area (Å²) in [6.07, 6.45) is 1.66. The molecule has 0 aliphatic carbocycles. The molecule has 0 unspecified atom stereocenters. The van der Waals surface area contributed by atoms with Crippen molar-refractivity contribution in [2.45, 2.75) is 12.5 Å². The third kappa shape index (κ3) is 2.19. The van der Waals surface area contributed by atoms with Gasteiger partial charge < -0.3 is 15.5 Å². The number of benzene rings is 1. The lowest BCUT2D eigenvalue weighted by atomic mass is 10.1. The Balaban J connectivity index is 2.38. The normalized spacial score (nSPS) is 12.7. The summed E-state index contributed by atoms with van der Waals surface area (Å²) in [6, 6.07) is 1.14. The minimum atomic E-state index is -0.861. The molecule has 0 amide bonds. The summed E-state index contributed by atoms with van der Waals surface area (Å²) in [6.45, 7) is 0. The third-order valence-electron chi connectivity index (χ3n) is 2.74. The second-order valence-corrected chi connectivity index (χ2v) is 3.96. The molecule has 0 bridgehead atoms. The van der Waals surface area contributed by atoms with Crippen molar-refractivity contribution in [2.75, 3.05) is 7.11 Å². The molecule has 0 aliphatic rings. The van der Waals surface area contributed by atoms with E-state index in [0.29, 0.717) is 10.9 Å². The summed E-state index contributed by atoms with van der Waals surface area (Å²) < 4.78 is 31.1. The van der Waals surface area contributed by atoms with Crippen LogP contribution in [0.25, 0.3) is 10.9 Å². The van der Waals surface area contributed by atoms with Crippen LogP contribution in [-0.4, -0.2) is 24.1 Å². The number of hydrogen-bond acceptors (Lipinski definition) is 3. The molecule has 96 valence electrons. The molecule has 0 spiro atoms. The number of carbonyl (C=O) groups is 1. The van der Waals surface area contributed by atoms with Gasteiger partial charge >= 0.3 is 5.97 Å². The summed E-state index contributed by atoms with van der Waals surface area (Å²) >= 11 is 0. The van der Waals surface area contributed by atoms with Crippen LogP contribution in [0.3, 0.4) is 0 Å². The smallest absolute Gasteiger partial charge is 0.322 e. The van der Waals surface area contributed by atoms with Crippen LogP contribution >= 0.6 is 0 Å². The van der Waals surface area contributed by atoms with Crippen LogP contribution in [0.2, 0.25) is 0 Å². The van der Waals surface area contributed by atoms with Gasteiger partial charge in [-0.25, -0.2) is 8.78 Å². The van der Waals surface area contributed by atoms with Gasteiger partial charge in [-0.15, -0.1) is 0 Å². The number of ether oxygens (including phenoxy) is 1. The molecule has 0 saturated heterocycles. The molecule has 1 heterocycles. The molecule has 0 radical (unpaired) electrons. The Morgan fingerprint density at radius 1 is 1.50 bits per heavy atom. The molecule has 18 heavy (non-hydrogen) atoms. The first-order valence-corrected chi connectivity index (χ1v) is 5.31. The number of carbonyl (C=O) groups excluding carboxylic acids is 1. The fourth-order valence-electron chi connectivity index (χ4n) is 1.85. The first kappa shape index (κ1) is 12.5. The van der Waals surface area contributed by atoms with Gasteiger partial charge in [0.1, 0.15) is 17.7 Å². The number of H-pyrrole nitrogens is 1. The van der Waals surface area contributed by atoms with Crippen molar-refractivity contribution in [3.8, 4) is 0 Å². The number of nitrogens with one attached hydrogen (secondary N) is 1. The van der Waals surface area contributed by atoms with Crippen LogP contribution in [0.1, 0.15) is 5.56 Å². The zero-order chi connectivity index (χ0) is 13.3. The molecule has 6 heteroatoms. The van der Waals surface area contributed by atoms with Crippen molar-refractivity contribution in [1.29, 1.82) is 0 Å². The highest BCUT2D eigenvalue weighted by molar-refractivity contribution is 5.85. The first-order chi connectivity index (χ1) is 8.52. The number of methoxy groups -OCH3 is 1. The number of rotatable bonds is 3. The van der Waals surface area contributed by atoms with E-state index in [0.717, 1.165) is 6.07 Å². The quantitative estimate of drug-likeness (QED) is 0.815. The lowest BCUT2D eigenvalue weighted by Crippen LogP contribution is -2.33. The van der Waals surface area contributed by atoms with E-state index in [-0.39, 0.29) is 11.9 Å². The maximum atomic E-state index is 13.4. The molecule has 1 atom stereocenters. The Bertz CT molecular complexity index is 595. The molecule has 0 saturated carbocycles. The fourth-order valence-corrected chi connectivity index (χ4v) is 1.85. The summed E-state index contributed by atoms with van der Waals surface area (Å²) in [5.41, 5.74) is 6.38. The van der Waals surface area contributed by atoms with Crippen LogP contribution < -0.4 is 5.73 Å². The fraction of sp³-hybridized carbons (Fsp3) is 0.250. The zero-order valence-electron chi connectivity index (χ0n) is 9.67. The van der Waals surface area contributed by atoms with Crippen molar-refractivity contribution >= 4 is 16.9 Å². The number of hydrogen-bond donors (Lipinski definition) is 2. The molecular formula is C12H12F2N2O2. The highest BCUT2D eigenvalue weighted by Gasteiger charge is 2.17. The third-order valence-corrected chi connectivity index (χ3v) is 2.74. The van der Waals surface area contributed by atoms with Gasteiger partial charge in [-0.2, -0.15) is 0 Å². The van der Waals surface area contributed by atoms with Crippen LogP contribution in [0.4, 0.5) is 8.78 Å². The standard InChI is InChI=1S/C12H12F2N2O2/c1-18-12(17)10(15)2-6-5-16-11-8(6)3-7(13)4-9(11)14/h3-5,10,16H,2,15H2,1H3/t10-/m1/s1. The molecule has 3 N–H and O–H groups in total. The van der Waals surface area contributed by atoms with Gasteiger partial charge in [-0.3, -0.25) is 4.79 Å². The van der Waals surface area contributed by atoms with Crippen LogP contribution in [0.15, 0.2) is 18.3 Å². The number of esters is 1. The predicted octanol–water partition coefficient (Wildman–Crippen LogP) is 1.49. The lowest BCUT2D eigenvalue weighted by molar-refractivity contribution is -0.142. The van der Waals surface area contributed by atoms with Gasteiger partial charge in [0, 0.05) is 24.1 Å². The molecule has 2 rings (SSSR count). The maximum absolute atomic E-state index is 13.4. The monoisotopic (exact) mass is 254 g/mol. The average Bonchev–Trinajstić information content (AvgIpc) is 2.71. The van der Waals surface area contributed by atoms with Crippen molar-refractivity contribution in [3.05, 3.63) is 35.5 Å². The van der Waals surface area contributed by atoms with Crippen molar-refractivity contribution in [2.24, 2.45) is 5.73 Å². The molecule has 1 aromatic carbocycles. The minimum Gasteiger partial charge on any atom is -0.468 e. The Kier molecular flexibility index (Phi) is 3.29. The van der Waals surface area contributed by atoms with E-state index in [1.807, 2.05) is 0 Å². The van der Waals surface area contributed by atoms with Gasteiger partial charge in [0.15, 0.2) is 0 Å². The first-order valence-electron chi connectivity index (χ1n) is 5.31. The second-order valence-electron chi connectivity index (χ2n) is 3.96. The van der Waals surface area contributed by atoms with E-state index in [2.05, 4.69) is 9.72 Å². The van der Waals surface area contributed by atoms with E-state index < -0.39 is 23.6 Å². The van der Waals surface area contributed by atoms with Crippen molar-refractivity contribution < 1.29 is 18.3 Å². The van der Waals surface area contributed by atoms with Gasteiger partial charge in [-0.05, 0) is 11.6 Å². The van der Waals surface area contributed by atoms with Gasteiger partial charge in [-0.1, -0.05) is 0 Å². The van der Waals surface area contributed by atoms with E-state index in [1.54, 1.807) is 0 Å².